The first kappa shape index (κ1) is 12.4. The molecule has 0 fully saturated rings. The number of hydrogen-bond acceptors (Lipinski definition) is 4. The highest BCUT2D eigenvalue weighted by molar-refractivity contribution is 9.10. The van der Waals surface area contributed by atoms with Crippen LogP contribution < -0.4 is 0 Å². The van der Waals surface area contributed by atoms with Crippen molar-refractivity contribution in [2.45, 2.75) is 10.1 Å². The zero-order valence-electron chi connectivity index (χ0n) is 7.93. The van der Waals surface area contributed by atoms with Gasteiger partial charge in [-0.1, -0.05) is 0 Å². The third kappa shape index (κ3) is 3.76. The van der Waals surface area contributed by atoms with E-state index in [4.69, 9.17) is 0 Å². The molecule has 2 aromatic heterocycles. The molecule has 2 heterocycles. The van der Waals surface area contributed by atoms with Crippen LogP contribution >= 0.6 is 53.4 Å². The van der Waals surface area contributed by atoms with Gasteiger partial charge in [0.1, 0.15) is 10.1 Å². The molecule has 0 bridgehead atoms. The van der Waals surface area contributed by atoms with Gasteiger partial charge in [0, 0.05) is 21.3 Å². The van der Waals surface area contributed by atoms with Gasteiger partial charge in [-0.15, -0.1) is 0 Å². The van der Waals surface area contributed by atoms with Gasteiger partial charge in [-0.05, 0) is 77.7 Å². The van der Waals surface area contributed by atoms with Crippen LogP contribution in [0.3, 0.4) is 0 Å². The van der Waals surface area contributed by atoms with Crippen molar-refractivity contribution in [2.75, 3.05) is 0 Å². The summed E-state index contributed by atoms with van der Waals surface area (Å²) in [4.78, 5) is 8.54. The van der Waals surface area contributed by atoms with Gasteiger partial charge in [0.2, 0.25) is 0 Å². The Balaban J connectivity index is 1.97. The summed E-state index contributed by atoms with van der Waals surface area (Å²) >= 11 is 6.71. The largest absolute Gasteiger partial charge is 0.248 e. The molecule has 0 amide bonds. The maximum atomic E-state index is 4.27. The third-order valence-electron chi connectivity index (χ3n) is 1.61. The molecule has 0 aliphatic rings. The van der Waals surface area contributed by atoms with Crippen LogP contribution in [0.4, 0.5) is 0 Å². The zero-order chi connectivity index (χ0) is 11.4. The Labute approximate surface area is 118 Å². The Hall–Kier alpha value is -0.0400. The first-order chi connectivity index (χ1) is 7.74. The standard InChI is InChI=1S/C10H6Br2N2S2/c11-7-1-3-9(13-5-7)15-16-10-4-2-8(12)6-14-10/h1-6H. The minimum Gasteiger partial charge on any atom is -0.248 e. The summed E-state index contributed by atoms with van der Waals surface area (Å²) in [7, 11) is 3.19. The van der Waals surface area contributed by atoms with E-state index >= 15 is 0 Å². The molecule has 2 aromatic rings. The summed E-state index contributed by atoms with van der Waals surface area (Å²) in [6.07, 6.45) is 3.58. The third-order valence-corrected chi connectivity index (χ3v) is 4.73. The Kier molecular flexibility index (Phi) is 4.69. The summed E-state index contributed by atoms with van der Waals surface area (Å²) in [5, 5.41) is 1.94. The molecule has 0 saturated carbocycles. The Bertz CT molecular complexity index is 414. The van der Waals surface area contributed by atoms with Crippen LogP contribution in [0.2, 0.25) is 0 Å². The van der Waals surface area contributed by atoms with E-state index in [2.05, 4.69) is 41.8 Å². The smallest absolute Gasteiger partial charge is 0.107 e. The van der Waals surface area contributed by atoms with Crippen molar-refractivity contribution in [3.05, 3.63) is 45.6 Å². The molecule has 0 radical (unpaired) electrons. The lowest BCUT2D eigenvalue weighted by Gasteiger charge is -1.99. The van der Waals surface area contributed by atoms with Crippen molar-refractivity contribution in [1.29, 1.82) is 0 Å². The van der Waals surface area contributed by atoms with Crippen LogP contribution in [-0.2, 0) is 0 Å². The van der Waals surface area contributed by atoms with Gasteiger partial charge in [0.15, 0.2) is 0 Å². The van der Waals surface area contributed by atoms with Gasteiger partial charge in [0.05, 0.1) is 0 Å². The Morgan fingerprint density at radius 1 is 0.750 bits per heavy atom. The average molecular weight is 378 g/mol. The Morgan fingerprint density at radius 3 is 1.50 bits per heavy atom. The summed E-state index contributed by atoms with van der Waals surface area (Å²) in [5.41, 5.74) is 0. The highest BCUT2D eigenvalue weighted by Gasteiger charge is 1.99. The molecule has 2 rings (SSSR count). The van der Waals surface area contributed by atoms with E-state index in [0.29, 0.717) is 0 Å². The summed E-state index contributed by atoms with van der Waals surface area (Å²) < 4.78 is 1.98. The second kappa shape index (κ2) is 6.05. The maximum Gasteiger partial charge on any atom is 0.107 e. The Morgan fingerprint density at radius 2 is 1.19 bits per heavy atom. The second-order valence-electron chi connectivity index (χ2n) is 2.80. The molecule has 16 heavy (non-hydrogen) atoms. The molecule has 0 saturated heterocycles. The molecule has 0 spiro atoms. The predicted molar refractivity (Wildman–Crippen MR) is 75.6 cm³/mol. The van der Waals surface area contributed by atoms with E-state index in [0.717, 1.165) is 19.0 Å². The summed E-state index contributed by atoms with van der Waals surface area (Å²) in [6, 6.07) is 7.90. The molecule has 0 aliphatic carbocycles. The van der Waals surface area contributed by atoms with Crippen molar-refractivity contribution >= 4 is 53.4 Å². The van der Waals surface area contributed by atoms with Crippen LogP contribution in [0, 0.1) is 0 Å². The normalized spacial score (nSPS) is 10.4. The highest BCUT2D eigenvalue weighted by atomic mass is 79.9. The minimum absolute atomic E-state index is 0.970. The molecule has 0 unspecified atom stereocenters. The van der Waals surface area contributed by atoms with E-state index in [1.54, 1.807) is 34.0 Å². The van der Waals surface area contributed by atoms with Gasteiger partial charge in [0.25, 0.3) is 0 Å². The van der Waals surface area contributed by atoms with Crippen molar-refractivity contribution in [3.8, 4) is 0 Å². The van der Waals surface area contributed by atoms with Crippen LogP contribution in [0.1, 0.15) is 0 Å². The fourth-order valence-electron chi connectivity index (χ4n) is 0.908. The lowest BCUT2D eigenvalue weighted by atomic mass is 10.5. The van der Waals surface area contributed by atoms with E-state index < -0.39 is 0 Å². The van der Waals surface area contributed by atoms with E-state index in [9.17, 15) is 0 Å². The molecule has 6 heteroatoms. The number of aromatic nitrogens is 2. The van der Waals surface area contributed by atoms with Crippen molar-refractivity contribution in [1.82, 2.24) is 9.97 Å². The molecular weight excluding hydrogens is 372 g/mol. The topological polar surface area (TPSA) is 25.8 Å². The van der Waals surface area contributed by atoms with Crippen LogP contribution in [0.25, 0.3) is 0 Å². The predicted octanol–water partition coefficient (Wildman–Crippen LogP) is 4.80. The fourth-order valence-corrected chi connectivity index (χ4v) is 3.09. The van der Waals surface area contributed by atoms with E-state index in [-0.39, 0.29) is 0 Å². The van der Waals surface area contributed by atoms with Crippen LogP contribution in [0.15, 0.2) is 55.7 Å². The van der Waals surface area contributed by atoms with Crippen molar-refractivity contribution in [3.63, 3.8) is 0 Å². The van der Waals surface area contributed by atoms with Crippen LogP contribution in [-0.4, -0.2) is 9.97 Å². The number of nitrogens with zero attached hydrogens (tertiary/aromatic N) is 2. The molecule has 0 aromatic carbocycles. The number of hydrogen-bond donors (Lipinski definition) is 0. The van der Waals surface area contributed by atoms with Crippen molar-refractivity contribution in [2.24, 2.45) is 0 Å². The monoisotopic (exact) mass is 376 g/mol. The second-order valence-corrected chi connectivity index (χ2v) is 6.80. The number of rotatable bonds is 3. The SMILES string of the molecule is Brc1ccc(SSc2ccc(Br)cn2)nc1. The first-order valence-electron chi connectivity index (χ1n) is 4.32. The maximum absolute atomic E-state index is 4.27. The van der Waals surface area contributed by atoms with E-state index in [1.807, 2.05) is 24.3 Å². The van der Waals surface area contributed by atoms with Gasteiger partial charge in [-0.2, -0.15) is 0 Å². The highest BCUT2D eigenvalue weighted by Crippen LogP contribution is 2.35. The fraction of sp³-hybridized carbons (Fsp3) is 0. The molecular formula is C10H6Br2N2S2. The number of halogens is 2. The number of pyridine rings is 2. The lowest BCUT2D eigenvalue weighted by Crippen LogP contribution is -1.78. The molecule has 82 valence electrons. The van der Waals surface area contributed by atoms with E-state index in [1.165, 1.54) is 0 Å². The van der Waals surface area contributed by atoms with Gasteiger partial charge in [-0.3, -0.25) is 0 Å². The molecule has 0 atom stereocenters. The lowest BCUT2D eigenvalue weighted by molar-refractivity contribution is 1.12. The van der Waals surface area contributed by atoms with Gasteiger partial charge >= 0.3 is 0 Å². The van der Waals surface area contributed by atoms with Gasteiger partial charge in [-0.25, -0.2) is 9.97 Å². The average Bonchev–Trinajstić information content (AvgIpc) is 2.30. The van der Waals surface area contributed by atoms with Crippen LogP contribution in [0.5, 0.6) is 0 Å². The van der Waals surface area contributed by atoms with Crippen molar-refractivity contribution < 1.29 is 0 Å². The first-order valence-corrected chi connectivity index (χ1v) is 8.05. The summed E-state index contributed by atoms with van der Waals surface area (Å²) in [5.74, 6) is 0. The summed E-state index contributed by atoms with van der Waals surface area (Å²) in [6.45, 7) is 0. The quantitative estimate of drug-likeness (QED) is 0.717. The minimum atomic E-state index is 0.970. The molecule has 0 N–H and O–H groups in total. The molecule has 2 nitrogen and oxygen atoms in total. The van der Waals surface area contributed by atoms with Gasteiger partial charge < -0.3 is 0 Å². The molecule has 0 aliphatic heterocycles. The zero-order valence-corrected chi connectivity index (χ0v) is 12.7.